The summed E-state index contributed by atoms with van der Waals surface area (Å²) >= 11 is 3.45. The molecule has 2 heterocycles. The van der Waals surface area contributed by atoms with Gasteiger partial charge in [0.25, 0.3) is 5.91 Å². The molecule has 0 spiro atoms. The average molecular weight is 308 g/mol. The number of rotatable bonds is 1. The molecule has 3 rings (SSSR count). The normalized spacial score (nSPS) is 20.2. The van der Waals surface area contributed by atoms with Gasteiger partial charge in [0.05, 0.1) is 11.7 Å². The van der Waals surface area contributed by atoms with Gasteiger partial charge >= 0.3 is 0 Å². The molecular weight excluding hydrogens is 298 g/mol. The molecule has 0 radical (unpaired) electrons. The summed E-state index contributed by atoms with van der Waals surface area (Å²) < 4.78 is 2.63. The molecule has 1 unspecified atom stereocenters. The second-order valence-electron chi connectivity index (χ2n) is 4.23. The number of nitrogens with zero attached hydrogens (tertiary/aromatic N) is 2. The average Bonchev–Trinajstić information content (AvgIpc) is 2.74. The van der Waals surface area contributed by atoms with E-state index in [1.807, 2.05) is 18.2 Å². The molecular formula is C12H10BrN3O2. The first kappa shape index (κ1) is 11.4. The Morgan fingerprint density at radius 2 is 2.22 bits per heavy atom. The Morgan fingerprint density at radius 1 is 1.39 bits per heavy atom. The zero-order chi connectivity index (χ0) is 12.7. The number of carbonyl (C=O) groups is 2. The van der Waals surface area contributed by atoms with Crippen molar-refractivity contribution in [3.8, 4) is 0 Å². The maximum Gasteiger partial charge on any atom is 0.251 e. The molecule has 2 aromatic rings. The summed E-state index contributed by atoms with van der Waals surface area (Å²) in [6.07, 6.45) is 2.57. The molecule has 5 nitrogen and oxygen atoms in total. The van der Waals surface area contributed by atoms with E-state index in [0.717, 1.165) is 15.4 Å². The molecule has 1 aliphatic heterocycles. The number of piperidine rings is 1. The third-order valence-electron chi connectivity index (χ3n) is 3.09. The quantitative estimate of drug-likeness (QED) is 0.817. The van der Waals surface area contributed by atoms with Gasteiger partial charge in [0.1, 0.15) is 6.04 Å². The van der Waals surface area contributed by atoms with Gasteiger partial charge in [0.15, 0.2) is 0 Å². The minimum atomic E-state index is -0.408. The molecule has 0 bridgehead atoms. The molecule has 1 aliphatic rings. The minimum absolute atomic E-state index is 0.214. The summed E-state index contributed by atoms with van der Waals surface area (Å²) in [4.78, 5) is 23.0. The van der Waals surface area contributed by atoms with Crippen LogP contribution in [-0.4, -0.2) is 21.6 Å². The van der Waals surface area contributed by atoms with E-state index in [-0.39, 0.29) is 11.8 Å². The zero-order valence-corrected chi connectivity index (χ0v) is 11.0. The van der Waals surface area contributed by atoms with E-state index in [9.17, 15) is 9.59 Å². The van der Waals surface area contributed by atoms with Crippen LogP contribution in [0.2, 0.25) is 0 Å². The second-order valence-corrected chi connectivity index (χ2v) is 5.08. The summed E-state index contributed by atoms with van der Waals surface area (Å²) in [7, 11) is 0. The minimum Gasteiger partial charge on any atom is -0.295 e. The number of nitrogens with one attached hydrogen (secondary N) is 1. The van der Waals surface area contributed by atoms with E-state index in [1.165, 1.54) is 0 Å². The van der Waals surface area contributed by atoms with Crippen molar-refractivity contribution in [1.82, 2.24) is 15.1 Å². The van der Waals surface area contributed by atoms with Crippen molar-refractivity contribution in [1.29, 1.82) is 0 Å². The third-order valence-corrected chi connectivity index (χ3v) is 3.78. The highest BCUT2D eigenvalue weighted by atomic mass is 79.9. The highest BCUT2D eigenvalue weighted by Gasteiger charge is 2.29. The van der Waals surface area contributed by atoms with E-state index in [2.05, 4.69) is 26.3 Å². The first-order valence-electron chi connectivity index (χ1n) is 5.62. The van der Waals surface area contributed by atoms with Crippen LogP contribution in [0.3, 0.4) is 0 Å². The molecule has 18 heavy (non-hydrogen) atoms. The van der Waals surface area contributed by atoms with Crippen LogP contribution in [0.4, 0.5) is 0 Å². The lowest BCUT2D eigenvalue weighted by atomic mass is 10.1. The van der Waals surface area contributed by atoms with Gasteiger partial charge in [-0.2, -0.15) is 5.10 Å². The van der Waals surface area contributed by atoms with Crippen LogP contribution in [0.15, 0.2) is 28.9 Å². The van der Waals surface area contributed by atoms with Crippen LogP contribution in [0.5, 0.6) is 0 Å². The van der Waals surface area contributed by atoms with E-state index >= 15 is 0 Å². The monoisotopic (exact) mass is 307 g/mol. The smallest absolute Gasteiger partial charge is 0.251 e. The molecule has 0 saturated carbocycles. The molecule has 0 aliphatic carbocycles. The van der Waals surface area contributed by atoms with Crippen molar-refractivity contribution in [3.05, 3.63) is 28.9 Å². The first-order valence-corrected chi connectivity index (χ1v) is 6.41. The Bertz CT molecular complexity index is 650. The van der Waals surface area contributed by atoms with Gasteiger partial charge in [-0.3, -0.25) is 19.6 Å². The lowest BCUT2D eigenvalue weighted by Gasteiger charge is -2.21. The SMILES string of the molecule is O=C1CCC(n2ncc3c(Br)cccc32)C(=O)N1. The van der Waals surface area contributed by atoms with Crippen molar-refractivity contribution in [3.63, 3.8) is 0 Å². The van der Waals surface area contributed by atoms with E-state index in [0.29, 0.717) is 12.8 Å². The Kier molecular flexibility index (Phi) is 2.66. The molecule has 6 heteroatoms. The molecule has 1 saturated heterocycles. The van der Waals surface area contributed by atoms with Crippen molar-refractivity contribution < 1.29 is 9.59 Å². The molecule has 1 atom stereocenters. The van der Waals surface area contributed by atoms with Crippen LogP contribution in [-0.2, 0) is 9.59 Å². The lowest BCUT2D eigenvalue weighted by molar-refractivity contribution is -0.135. The van der Waals surface area contributed by atoms with Crippen molar-refractivity contribution in [2.75, 3.05) is 0 Å². The van der Waals surface area contributed by atoms with Gasteiger partial charge < -0.3 is 0 Å². The number of carbonyl (C=O) groups excluding carboxylic acids is 2. The maximum atomic E-state index is 11.8. The van der Waals surface area contributed by atoms with Gasteiger partial charge in [0.2, 0.25) is 5.91 Å². The predicted molar refractivity (Wildman–Crippen MR) is 68.9 cm³/mol. The third kappa shape index (κ3) is 1.73. The predicted octanol–water partition coefficient (Wildman–Crippen LogP) is 1.78. The highest BCUT2D eigenvalue weighted by Crippen LogP contribution is 2.27. The Morgan fingerprint density at radius 3 is 3.00 bits per heavy atom. The Balaban J connectivity index is 2.07. The van der Waals surface area contributed by atoms with Crippen LogP contribution in [0.1, 0.15) is 18.9 Å². The van der Waals surface area contributed by atoms with Crippen molar-refractivity contribution in [2.45, 2.75) is 18.9 Å². The number of hydrogen-bond donors (Lipinski definition) is 1. The summed E-state index contributed by atoms with van der Waals surface area (Å²) in [6, 6.07) is 5.33. The van der Waals surface area contributed by atoms with Crippen molar-refractivity contribution >= 4 is 38.6 Å². The zero-order valence-electron chi connectivity index (χ0n) is 9.39. The summed E-state index contributed by atoms with van der Waals surface area (Å²) in [5.41, 5.74) is 0.888. The maximum absolute atomic E-state index is 11.8. The second kappa shape index (κ2) is 4.20. The number of hydrogen-bond acceptors (Lipinski definition) is 3. The van der Waals surface area contributed by atoms with E-state index in [1.54, 1.807) is 10.9 Å². The van der Waals surface area contributed by atoms with Gasteiger partial charge in [0, 0.05) is 16.3 Å². The van der Waals surface area contributed by atoms with Crippen molar-refractivity contribution in [2.24, 2.45) is 0 Å². The molecule has 1 fully saturated rings. The fourth-order valence-electron chi connectivity index (χ4n) is 2.20. The molecule has 1 aromatic carbocycles. The number of benzene rings is 1. The summed E-state index contributed by atoms with van der Waals surface area (Å²) in [6.45, 7) is 0. The molecule has 2 amide bonds. The Hall–Kier alpha value is -1.69. The number of fused-ring (bicyclic) bond motifs is 1. The highest BCUT2D eigenvalue weighted by molar-refractivity contribution is 9.10. The molecule has 1 N–H and O–H groups in total. The number of halogens is 1. The number of amides is 2. The summed E-state index contributed by atoms with van der Waals surface area (Å²) in [5.74, 6) is -0.495. The Labute approximate surface area is 111 Å². The fourth-order valence-corrected chi connectivity index (χ4v) is 2.66. The fraction of sp³-hybridized carbons (Fsp3) is 0.250. The van der Waals surface area contributed by atoms with Crippen LogP contribution in [0, 0.1) is 0 Å². The van der Waals surface area contributed by atoms with Crippen LogP contribution < -0.4 is 5.32 Å². The van der Waals surface area contributed by atoms with Gasteiger partial charge in [-0.05, 0) is 18.6 Å². The van der Waals surface area contributed by atoms with Gasteiger partial charge in [-0.15, -0.1) is 0 Å². The summed E-state index contributed by atoms with van der Waals surface area (Å²) in [5, 5.41) is 7.58. The number of imide groups is 1. The van der Waals surface area contributed by atoms with E-state index in [4.69, 9.17) is 0 Å². The standard InChI is InChI=1S/C12H10BrN3O2/c13-8-2-1-3-9-7(8)6-14-16(9)10-4-5-11(17)15-12(10)18/h1-3,6,10H,4-5H2,(H,15,17,18). The number of aromatic nitrogens is 2. The van der Waals surface area contributed by atoms with Crippen LogP contribution >= 0.6 is 15.9 Å². The van der Waals surface area contributed by atoms with E-state index < -0.39 is 6.04 Å². The molecule has 92 valence electrons. The molecule has 1 aromatic heterocycles. The van der Waals surface area contributed by atoms with Crippen LogP contribution in [0.25, 0.3) is 10.9 Å². The lowest BCUT2D eigenvalue weighted by Crippen LogP contribution is -2.41. The largest absolute Gasteiger partial charge is 0.295 e. The van der Waals surface area contributed by atoms with Gasteiger partial charge in [-0.1, -0.05) is 22.0 Å². The first-order chi connectivity index (χ1) is 8.66. The van der Waals surface area contributed by atoms with Gasteiger partial charge in [-0.25, -0.2) is 0 Å². The topological polar surface area (TPSA) is 64.0 Å².